The van der Waals surface area contributed by atoms with E-state index in [9.17, 15) is 18.0 Å². The van der Waals surface area contributed by atoms with Gasteiger partial charge in [0.15, 0.2) is 11.5 Å². The lowest BCUT2D eigenvalue weighted by Gasteiger charge is -2.25. The van der Waals surface area contributed by atoms with Crippen molar-refractivity contribution in [3.05, 3.63) is 47.5 Å². The average Bonchev–Trinajstić information content (AvgIpc) is 2.76. The molecule has 0 heterocycles. The van der Waals surface area contributed by atoms with Crippen LogP contribution in [-0.4, -0.2) is 55.3 Å². The second-order valence-electron chi connectivity index (χ2n) is 6.10. The van der Waals surface area contributed by atoms with Crippen LogP contribution in [0.1, 0.15) is 15.9 Å². The molecule has 0 N–H and O–H groups in total. The summed E-state index contributed by atoms with van der Waals surface area (Å²) in [5.41, 5.74) is 0.796. The molecule has 30 heavy (non-hydrogen) atoms. The number of ether oxygens (including phenoxy) is 4. The lowest BCUT2D eigenvalue weighted by Crippen LogP contribution is -2.37. The number of nitrogens with zero attached hydrogens (tertiary/aromatic N) is 1. The zero-order valence-electron chi connectivity index (χ0n) is 17.3. The van der Waals surface area contributed by atoms with Crippen molar-refractivity contribution in [1.82, 2.24) is 0 Å². The topological polar surface area (TPSA) is 108 Å². The number of aryl methyl sites for hydroxylation is 1. The number of rotatable bonds is 8. The first kappa shape index (κ1) is 23.0. The first-order valence-electron chi connectivity index (χ1n) is 8.70. The molecule has 0 aliphatic rings. The lowest BCUT2D eigenvalue weighted by atomic mass is 10.1. The molecule has 0 atom stereocenters. The summed E-state index contributed by atoms with van der Waals surface area (Å²) in [7, 11) is 0.934. The van der Waals surface area contributed by atoms with Gasteiger partial charge in [-0.15, -0.1) is 0 Å². The molecule has 0 saturated heterocycles. The molecule has 10 heteroatoms. The molecular weight excluding hydrogens is 414 g/mol. The van der Waals surface area contributed by atoms with E-state index in [0.29, 0.717) is 11.3 Å². The highest BCUT2D eigenvalue weighted by Crippen LogP contribution is 2.33. The third-order valence-corrected chi connectivity index (χ3v) is 6.10. The quantitative estimate of drug-likeness (QED) is 0.578. The van der Waals surface area contributed by atoms with Crippen LogP contribution >= 0.6 is 0 Å². The van der Waals surface area contributed by atoms with E-state index in [1.807, 2.05) is 0 Å². The number of sulfonamides is 1. The first-order chi connectivity index (χ1) is 14.2. The first-order valence-corrected chi connectivity index (χ1v) is 10.1. The molecule has 0 saturated carbocycles. The monoisotopic (exact) mass is 437 g/mol. The lowest BCUT2D eigenvalue weighted by molar-refractivity contribution is -0.138. The maximum absolute atomic E-state index is 13.5. The van der Waals surface area contributed by atoms with E-state index in [2.05, 4.69) is 4.74 Å². The molecule has 9 nitrogen and oxygen atoms in total. The van der Waals surface area contributed by atoms with Crippen LogP contribution in [0.15, 0.2) is 41.3 Å². The van der Waals surface area contributed by atoms with Gasteiger partial charge in [-0.05, 0) is 36.8 Å². The minimum Gasteiger partial charge on any atom is -0.493 e. The molecule has 0 amide bonds. The molecule has 2 aromatic rings. The summed E-state index contributed by atoms with van der Waals surface area (Å²) < 4.78 is 47.5. The highest BCUT2D eigenvalue weighted by atomic mass is 32.2. The van der Waals surface area contributed by atoms with Gasteiger partial charge in [0.2, 0.25) is 0 Å². The van der Waals surface area contributed by atoms with Crippen LogP contribution in [0.5, 0.6) is 11.5 Å². The van der Waals surface area contributed by atoms with Crippen molar-refractivity contribution in [2.45, 2.75) is 11.8 Å². The predicted molar refractivity (Wildman–Crippen MR) is 109 cm³/mol. The minimum absolute atomic E-state index is 0.132. The molecule has 0 bridgehead atoms. The standard InChI is InChI=1S/C20H23NO8S/c1-13-6-7-14(20(23)29-5)10-16(13)21(12-19(22)28-4)30(24,25)15-8-9-17(26-2)18(11-15)27-3/h6-11H,12H2,1-5H3. The zero-order valence-corrected chi connectivity index (χ0v) is 18.1. The summed E-state index contributed by atoms with van der Waals surface area (Å²) >= 11 is 0. The molecule has 162 valence electrons. The highest BCUT2D eigenvalue weighted by Gasteiger charge is 2.30. The van der Waals surface area contributed by atoms with Crippen molar-refractivity contribution in [2.24, 2.45) is 0 Å². The molecule has 2 aromatic carbocycles. The third kappa shape index (κ3) is 4.65. The van der Waals surface area contributed by atoms with Crippen LogP contribution in [0.3, 0.4) is 0 Å². The van der Waals surface area contributed by atoms with E-state index in [-0.39, 0.29) is 21.9 Å². The zero-order chi connectivity index (χ0) is 22.5. The van der Waals surface area contributed by atoms with Crippen molar-refractivity contribution in [2.75, 3.05) is 39.3 Å². The number of hydrogen-bond donors (Lipinski definition) is 0. The highest BCUT2D eigenvalue weighted by molar-refractivity contribution is 7.92. The van der Waals surface area contributed by atoms with Crippen LogP contribution in [-0.2, 0) is 24.3 Å². The average molecular weight is 437 g/mol. The number of anilines is 1. The molecule has 0 aromatic heterocycles. The van der Waals surface area contributed by atoms with Crippen LogP contribution in [0.25, 0.3) is 0 Å². The van der Waals surface area contributed by atoms with Gasteiger partial charge in [0.1, 0.15) is 6.54 Å². The summed E-state index contributed by atoms with van der Waals surface area (Å²) in [5.74, 6) is -0.865. The van der Waals surface area contributed by atoms with Gasteiger partial charge < -0.3 is 18.9 Å². The van der Waals surface area contributed by atoms with Gasteiger partial charge in [0, 0.05) is 6.07 Å². The molecule has 0 fully saturated rings. The third-order valence-electron chi connectivity index (χ3n) is 4.34. The van der Waals surface area contributed by atoms with Crippen molar-refractivity contribution in [3.63, 3.8) is 0 Å². The number of benzene rings is 2. The van der Waals surface area contributed by atoms with E-state index < -0.39 is 28.5 Å². The largest absolute Gasteiger partial charge is 0.493 e. The van der Waals surface area contributed by atoms with Gasteiger partial charge in [-0.25, -0.2) is 13.2 Å². The van der Waals surface area contributed by atoms with E-state index in [0.717, 1.165) is 11.4 Å². The summed E-state index contributed by atoms with van der Waals surface area (Å²) in [6.07, 6.45) is 0. The normalized spacial score (nSPS) is 10.8. The van der Waals surface area contributed by atoms with Gasteiger partial charge >= 0.3 is 11.9 Å². The number of esters is 2. The van der Waals surface area contributed by atoms with Crippen molar-refractivity contribution >= 4 is 27.6 Å². The van der Waals surface area contributed by atoms with Crippen LogP contribution < -0.4 is 13.8 Å². The fourth-order valence-corrected chi connectivity index (χ4v) is 4.19. The Morgan fingerprint density at radius 2 is 1.57 bits per heavy atom. The van der Waals surface area contributed by atoms with Gasteiger partial charge in [-0.3, -0.25) is 9.10 Å². The summed E-state index contributed by atoms with van der Waals surface area (Å²) in [5, 5.41) is 0. The number of methoxy groups -OCH3 is 4. The molecule has 0 aliphatic carbocycles. The van der Waals surface area contributed by atoms with Crippen LogP contribution in [0.2, 0.25) is 0 Å². The fourth-order valence-electron chi connectivity index (χ4n) is 2.71. The van der Waals surface area contributed by atoms with E-state index in [4.69, 9.17) is 14.2 Å². The Morgan fingerprint density at radius 3 is 2.13 bits per heavy atom. The molecule has 0 spiro atoms. The van der Waals surface area contributed by atoms with E-state index in [1.165, 1.54) is 51.7 Å². The molecular formula is C20H23NO8S. The van der Waals surface area contributed by atoms with Gasteiger partial charge in [0.05, 0.1) is 44.6 Å². The Kier molecular flexibility index (Phi) is 7.28. The number of carbonyl (C=O) groups excluding carboxylic acids is 2. The molecule has 0 radical (unpaired) electrons. The van der Waals surface area contributed by atoms with Crippen molar-refractivity contribution in [3.8, 4) is 11.5 Å². The number of carbonyl (C=O) groups is 2. The summed E-state index contributed by atoms with van der Waals surface area (Å²) in [6, 6.07) is 8.49. The Hall–Kier alpha value is -3.27. The Labute approximate surface area is 175 Å². The maximum atomic E-state index is 13.5. The predicted octanol–water partition coefficient (Wildman–Crippen LogP) is 2.17. The van der Waals surface area contributed by atoms with Gasteiger partial charge in [-0.1, -0.05) is 6.07 Å². The molecule has 0 aliphatic heterocycles. The minimum atomic E-state index is -4.24. The van der Waals surface area contributed by atoms with Crippen molar-refractivity contribution < 1.29 is 37.0 Å². The van der Waals surface area contributed by atoms with Crippen molar-refractivity contribution in [1.29, 1.82) is 0 Å². The molecule has 0 unspecified atom stereocenters. The smallest absolute Gasteiger partial charge is 0.337 e. The van der Waals surface area contributed by atoms with Crippen LogP contribution in [0.4, 0.5) is 5.69 Å². The Balaban J connectivity index is 2.68. The number of hydrogen-bond acceptors (Lipinski definition) is 8. The molecule has 2 rings (SSSR count). The Morgan fingerprint density at radius 1 is 0.900 bits per heavy atom. The fraction of sp³-hybridized carbons (Fsp3) is 0.300. The van der Waals surface area contributed by atoms with Gasteiger partial charge in [0.25, 0.3) is 10.0 Å². The maximum Gasteiger partial charge on any atom is 0.337 e. The van der Waals surface area contributed by atoms with Crippen LogP contribution in [0, 0.1) is 6.92 Å². The second kappa shape index (κ2) is 9.49. The second-order valence-corrected chi connectivity index (χ2v) is 7.96. The summed E-state index contributed by atoms with van der Waals surface area (Å²) in [4.78, 5) is 23.8. The van der Waals surface area contributed by atoms with E-state index >= 15 is 0 Å². The Bertz CT molecular complexity index is 1050. The van der Waals surface area contributed by atoms with Gasteiger partial charge in [-0.2, -0.15) is 0 Å². The SMILES string of the molecule is COC(=O)CN(c1cc(C(=O)OC)ccc1C)S(=O)(=O)c1ccc(OC)c(OC)c1. The van der Waals surface area contributed by atoms with E-state index in [1.54, 1.807) is 13.0 Å². The summed E-state index contributed by atoms with van der Waals surface area (Å²) in [6.45, 7) is 1.06.